The van der Waals surface area contributed by atoms with Crippen molar-refractivity contribution >= 4 is 18.3 Å². The van der Waals surface area contributed by atoms with Crippen molar-refractivity contribution in [2.24, 2.45) is 0 Å². The van der Waals surface area contributed by atoms with Gasteiger partial charge in [0.2, 0.25) is 0 Å². The van der Waals surface area contributed by atoms with E-state index in [4.69, 9.17) is 9.47 Å². The van der Waals surface area contributed by atoms with Crippen molar-refractivity contribution in [3.05, 3.63) is 71.8 Å². The fraction of sp³-hybridized carbons (Fsp3) is 0.105. The third-order valence-corrected chi connectivity index (χ3v) is 2.92. The van der Waals surface area contributed by atoms with Gasteiger partial charge in [-0.1, -0.05) is 60.7 Å². The molecule has 0 amide bonds. The molecule has 2 aromatic carbocycles. The van der Waals surface area contributed by atoms with Crippen LogP contribution in [0.15, 0.2) is 60.7 Å². The molecule has 0 spiro atoms. The normalized spacial score (nSPS) is 11.0. The molecule has 3 nitrogen and oxygen atoms in total. The molecule has 0 aliphatic heterocycles. The molecule has 22 heavy (non-hydrogen) atoms. The van der Waals surface area contributed by atoms with Gasteiger partial charge in [-0.25, -0.2) is 4.79 Å². The van der Waals surface area contributed by atoms with Crippen molar-refractivity contribution < 1.29 is 14.3 Å². The first kappa shape index (κ1) is 15.6. The lowest BCUT2D eigenvalue weighted by Gasteiger charge is -2.09. The Balaban J connectivity index is 2.14. The molecule has 0 heterocycles. The molecule has 3 heteroatoms. The van der Waals surface area contributed by atoms with Gasteiger partial charge in [-0.3, -0.25) is 0 Å². The van der Waals surface area contributed by atoms with Crippen LogP contribution in [0.25, 0.3) is 12.2 Å². The third-order valence-electron chi connectivity index (χ3n) is 2.92. The molecule has 0 N–H and O–H groups in total. The first-order chi connectivity index (χ1) is 10.7. The zero-order valence-electron chi connectivity index (χ0n) is 12.7. The molecule has 2 aromatic rings. The van der Waals surface area contributed by atoms with E-state index >= 15 is 0 Å². The summed E-state index contributed by atoms with van der Waals surface area (Å²) in [5.41, 5.74) is 1.65. The fourth-order valence-electron chi connectivity index (χ4n) is 1.98. The highest BCUT2D eigenvalue weighted by Crippen LogP contribution is 2.23. The summed E-state index contributed by atoms with van der Waals surface area (Å²) >= 11 is 0. The maximum atomic E-state index is 12.0. The van der Waals surface area contributed by atoms with Crippen LogP contribution in [0.5, 0.6) is 11.5 Å². The average molecular weight is 294 g/mol. The lowest BCUT2D eigenvalue weighted by Crippen LogP contribution is -2.14. The number of carbonyl (C=O) groups excluding carboxylic acids is 1. The molecule has 0 saturated heterocycles. The van der Waals surface area contributed by atoms with Gasteiger partial charge in [0, 0.05) is 11.1 Å². The van der Waals surface area contributed by atoms with E-state index in [2.05, 4.69) is 0 Å². The largest absolute Gasteiger partial charge is 0.519 e. The summed E-state index contributed by atoms with van der Waals surface area (Å²) in [6.07, 6.45) is 6.75. The van der Waals surface area contributed by atoms with Gasteiger partial charge < -0.3 is 9.47 Å². The second kappa shape index (κ2) is 7.84. The highest BCUT2D eigenvalue weighted by Gasteiger charge is 2.11. The van der Waals surface area contributed by atoms with E-state index in [0.717, 1.165) is 11.1 Å². The first-order valence-corrected chi connectivity index (χ1v) is 7.07. The molecule has 0 bridgehead atoms. The molecular formula is C19H18O3. The Hall–Kier alpha value is -2.81. The van der Waals surface area contributed by atoms with Gasteiger partial charge in [0.1, 0.15) is 11.5 Å². The van der Waals surface area contributed by atoms with Gasteiger partial charge in [0.05, 0.1) is 0 Å². The van der Waals surface area contributed by atoms with Crippen LogP contribution < -0.4 is 9.47 Å². The van der Waals surface area contributed by atoms with Crippen molar-refractivity contribution in [2.45, 2.75) is 13.8 Å². The Morgan fingerprint density at radius 3 is 1.59 bits per heavy atom. The van der Waals surface area contributed by atoms with Crippen LogP contribution in [0.3, 0.4) is 0 Å². The lowest BCUT2D eigenvalue weighted by molar-refractivity contribution is 0.151. The standard InChI is InChI=1S/C19H18O3/c1-3-9-15-11-5-7-13-17(15)21-19(20)22-18-14-8-6-12-16(18)10-4-2/h3-14H,1-2H3/b9-3-,10-4-. The number of benzene rings is 2. The van der Waals surface area contributed by atoms with E-state index in [1.165, 1.54) is 0 Å². The van der Waals surface area contributed by atoms with Crippen molar-refractivity contribution in [3.63, 3.8) is 0 Å². The van der Waals surface area contributed by atoms with Crippen LogP contribution in [0.1, 0.15) is 25.0 Å². The maximum absolute atomic E-state index is 12.0. The van der Waals surface area contributed by atoms with Gasteiger partial charge in [0.15, 0.2) is 0 Å². The summed E-state index contributed by atoms with van der Waals surface area (Å²) in [6, 6.07) is 14.6. The number of allylic oxidation sites excluding steroid dienone is 2. The summed E-state index contributed by atoms with van der Waals surface area (Å²) in [5, 5.41) is 0. The summed E-state index contributed by atoms with van der Waals surface area (Å²) in [4.78, 5) is 12.0. The average Bonchev–Trinajstić information content (AvgIpc) is 2.52. The number of para-hydroxylation sites is 2. The minimum atomic E-state index is -0.756. The predicted molar refractivity (Wildman–Crippen MR) is 89.0 cm³/mol. The minimum Gasteiger partial charge on any atom is -0.394 e. The Morgan fingerprint density at radius 1 is 0.773 bits per heavy atom. The molecule has 0 aliphatic rings. The molecule has 0 unspecified atom stereocenters. The zero-order valence-corrected chi connectivity index (χ0v) is 12.7. The quantitative estimate of drug-likeness (QED) is 0.564. The number of hydrogen-bond acceptors (Lipinski definition) is 3. The fourth-order valence-corrected chi connectivity index (χ4v) is 1.98. The second-order valence-corrected chi connectivity index (χ2v) is 4.53. The Bertz CT molecular complexity index is 640. The molecule has 112 valence electrons. The minimum absolute atomic E-state index is 0.467. The van der Waals surface area contributed by atoms with Crippen molar-refractivity contribution in [2.75, 3.05) is 0 Å². The molecular weight excluding hydrogens is 276 g/mol. The molecule has 0 atom stereocenters. The van der Waals surface area contributed by atoms with Gasteiger partial charge in [0.25, 0.3) is 0 Å². The monoisotopic (exact) mass is 294 g/mol. The van der Waals surface area contributed by atoms with E-state index in [1.54, 1.807) is 12.1 Å². The van der Waals surface area contributed by atoms with E-state index < -0.39 is 6.16 Å². The van der Waals surface area contributed by atoms with Crippen LogP contribution in [0.4, 0.5) is 4.79 Å². The van der Waals surface area contributed by atoms with Crippen LogP contribution in [0, 0.1) is 0 Å². The van der Waals surface area contributed by atoms with Crippen LogP contribution in [-0.4, -0.2) is 6.16 Å². The molecule has 0 aliphatic carbocycles. The summed E-state index contributed by atoms with van der Waals surface area (Å²) < 4.78 is 10.6. The molecule has 0 radical (unpaired) electrons. The number of rotatable bonds is 4. The Kier molecular flexibility index (Phi) is 5.55. The van der Waals surface area contributed by atoms with Crippen molar-refractivity contribution in [1.82, 2.24) is 0 Å². The van der Waals surface area contributed by atoms with Crippen molar-refractivity contribution in [1.29, 1.82) is 0 Å². The van der Waals surface area contributed by atoms with E-state index in [1.807, 2.05) is 74.5 Å². The highest BCUT2D eigenvalue weighted by molar-refractivity contribution is 5.72. The van der Waals surface area contributed by atoms with Gasteiger partial charge in [-0.15, -0.1) is 0 Å². The highest BCUT2D eigenvalue weighted by atomic mass is 16.7. The SMILES string of the molecule is C/C=C\c1ccccc1OC(=O)Oc1ccccc1/C=C\C. The molecule has 2 rings (SSSR count). The van der Waals surface area contributed by atoms with E-state index in [-0.39, 0.29) is 0 Å². The summed E-state index contributed by atoms with van der Waals surface area (Å²) in [7, 11) is 0. The molecule has 0 aromatic heterocycles. The smallest absolute Gasteiger partial charge is 0.394 e. The van der Waals surface area contributed by atoms with Crippen molar-refractivity contribution in [3.8, 4) is 11.5 Å². The maximum Gasteiger partial charge on any atom is 0.519 e. The number of ether oxygens (including phenoxy) is 2. The predicted octanol–water partition coefficient (Wildman–Crippen LogP) is 5.33. The van der Waals surface area contributed by atoms with Crippen LogP contribution in [-0.2, 0) is 0 Å². The third kappa shape index (κ3) is 4.09. The zero-order chi connectivity index (χ0) is 15.8. The van der Waals surface area contributed by atoms with Gasteiger partial charge in [-0.05, 0) is 26.0 Å². The Labute approximate surface area is 130 Å². The first-order valence-electron chi connectivity index (χ1n) is 7.07. The second-order valence-electron chi connectivity index (χ2n) is 4.53. The van der Waals surface area contributed by atoms with Crippen LogP contribution in [0.2, 0.25) is 0 Å². The molecule has 0 fully saturated rings. The van der Waals surface area contributed by atoms with E-state index in [0.29, 0.717) is 11.5 Å². The summed E-state index contributed by atoms with van der Waals surface area (Å²) in [5.74, 6) is 0.934. The van der Waals surface area contributed by atoms with Gasteiger partial charge in [-0.2, -0.15) is 0 Å². The van der Waals surface area contributed by atoms with E-state index in [9.17, 15) is 4.79 Å². The van der Waals surface area contributed by atoms with Gasteiger partial charge >= 0.3 is 6.16 Å². The summed E-state index contributed by atoms with van der Waals surface area (Å²) in [6.45, 7) is 3.81. The topological polar surface area (TPSA) is 35.5 Å². The Morgan fingerprint density at radius 2 is 1.18 bits per heavy atom. The number of hydrogen-bond donors (Lipinski definition) is 0. The number of carbonyl (C=O) groups is 1. The molecule has 0 saturated carbocycles. The van der Waals surface area contributed by atoms with Crippen LogP contribution >= 0.6 is 0 Å². The lowest BCUT2D eigenvalue weighted by atomic mass is 10.2.